The third-order valence-electron chi connectivity index (χ3n) is 4.45. The van der Waals surface area contributed by atoms with Crippen LogP contribution in [0.2, 0.25) is 10.0 Å². The van der Waals surface area contributed by atoms with Gasteiger partial charge in [-0.3, -0.25) is 0 Å². The van der Waals surface area contributed by atoms with Crippen LogP contribution in [0.1, 0.15) is 17.0 Å². The number of H-pyrrole nitrogens is 1. The summed E-state index contributed by atoms with van der Waals surface area (Å²) in [5.41, 5.74) is 2.93. The van der Waals surface area contributed by atoms with Gasteiger partial charge in [-0.15, -0.1) is 0 Å². The molecule has 31 heavy (non-hydrogen) atoms. The molecule has 1 N–H and O–H groups in total. The molecule has 4 nitrogen and oxygen atoms in total. The molecule has 0 radical (unpaired) electrons. The van der Waals surface area contributed by atoms with Gasteiger partial charge in [0.05, 0.1) is 26.7 Å². The van der Waals surface area contributed by atoms with Gasteiger partial charge in [-0.2, -0.15) is 5.26 Å². The number of benzene rings is 3. The summed E-state index contributed by atoms with van der Waals surface area (Å²) in [4.78, 5) is 7.31. The third kappa shape index (κ3) is 5.01. The first kappa shape index (κ1) is 21.6. The molecule has 1 heterocycles. The van der Waals surface area contributed by atoms with Gasteiger partial charge in [0.15, 0.2) is 5.75 Å². The number of rotatable bonds is 5. The van der Waals surface area contributed by atoms with Crippen molar-refractivity contribution in [3.63, 3.8) is 0 Å². The Bertz CT molecular complexity index is 1320. The first-order valence-electron chi connectivity index (χ1n) is 9.06. The molecule has 0 bridgehead atoms. The molecule has 4 rings (SSSR count). The Morgan fingerprint density at radius 3 is 2.52 bits per heavy atom. The summed E-state index contributed by atoms with van der Waals surface area (Å²) in [6.45, 7) is 0.324. The number of hydrogen-bond acceptors (Lipinski definition) is 3. The van der Waals surface area contributed by atoms with Gasteiger partial charge in [-0.05, 0) is 82.3 Å². The molecule has 0 spiro atoms. The number of hydrogen-bond donors (Lipinski definition) is 1. The number of halogens is 4. The number of aromatic nitrogens is 2. The summed E-state index contributed by atoms with van der Waals surface area (Å²) in [7, 11) is 0. The van der Waals surface area contributed by atoms with Crippen LogP contribution in [0.3, 0.4) is 0 Å². The number of imidazole rings is 1. The van der Waals surface area contributed by atoms with Crippen molar-refractivity contribution in [1.29, 1.82) is 5.26 Å². The summed E-state index contributed by atoms with van der Waals surface area (Å²) in [5.74, 6) is 0.315. The van der Waals surface area contributed by atoms with Crippen LogP contribution < -0.4 is 4.74 Å². The van der Waals surface area contributed by atoms with Crippen LogP contribution >= 0.6 is 45.8 Å². The molecule has 154 valence electrons. The number of nitrogens with one attached hydrogen (secondary N) is 1. The highest BCUT2D eigenvalue weighted by Crippen LogP contribution is 2.36. The van der Waals surface area contributed by atoms with Crippen molar-refractivity contribution in [2.75, 3.05) is 0 Å². The minimum Gasteiger partial charge on any atom is -0.486 e. The molecule has 4 aromatic rings. The molecule has 0 fully saturated rings. The lowest BCUT2D eigenvalue weighted by Gasteiger charge is -2.11. The standard InChI is InChI=1S/C23H13Cl2FIN3O/c24-18-8-14(9-19(25)22(18)31-12-13-1-4-17(27)5-2-13)7-15(11-28)23-29-20-6-3-16(26)10-21(20)30-23/h1-10H,12H2,(H,29,30)/b15-7-. The Hall–Kier alpha value is -2.60. The van der Waals surface area contributed by atoms with Crippen LogP contribution in [0.5, 0.6) is 5.75 Å². The maximum Gasteiger partial charge on any atom is 0.157 e. The van der Waals surface area contributed by atoms with Gasteiger partial charge in [0.1, 0.15) is 24.3 Å². The number of fused-ring (bicyclic) bond motifs is 1. The predicted octanol–water partition coefficient (Wildman–Crippen LogP) is 7.26. The van der Waals surface area contributed by atoms with E-state index in [4.69, 9.17) is 27.9 Å². The van der Waals surface area contributed by atoms with Crippen LogP contribution in [-0.4, -0.2) is 9.97 Å². The minimum absolute atomic E-state index is 0.260. The van der Waals surface area contributed by atoms with Crippen molar-refractivity contribution in [3.05, 3.63) is 91.0 Å². The molecule has 0 aliphatic heterocycles. The van der Waals surface area contributed by atoms with Gasteiger partial charge >= 0.3 is 0 Å². The van der Waals surface area contributed by atoms with Crippen LogP contribution in [0.4, 0.5) is 4.39 Å². The summed E-state index contributed by atoms with van der Waals surface area (Å²) in [5, 5.41) is 10.3. The van der Waals surface area contributed by atoms with E-state index in [2.05, 4.69) is 38.6 Å². The lowest BCUT2D eigenvalue weighted by atomic mass is 10.1. The minimum atomic E-state index is -0.385. The van der Waals surface area contributed by atoms with Gasteiger partial charge in [0.2, 0.25) is 0 Å². The van der Waals surface area contributed by atoms with E-state index in [1.165, 1.54) is 12.1 Å². The monoisotopic (exact) mass is 563 g/mol. The topological polar surface area (TPSA) is 61.7 Å². The fraction of sp³-hybridized carbons (Fsp3) is 0.0435. The smallest absolute Gasteiger partial charge is 0.157 e. The van der Waals surface area contributed by atoms with Crippen LogP contribution in [0.25, 0.3) is 22.7 Å². The van der Waals surface area contributed by atoms with Crippen LogP contribution in [0.15, 0.2) is 54.6 Å². The Kier molecular flexibility index (Phi) is 6.46. The van der Waals surface area contributed by atoms with E-state index in [9.17, 15) is 9.65 Å². The average molecular weight is 564 g/mol. The molecule has 0 saturated carbocycles. The van der Waals surface area contributed by atoms with Crippen LogP contribution in [-0.2, 0) is 6.61 Å². The molecule has 0 atom stereocenters. The maximum atomic E-state index is 13.4. The van der Waals surface area contributed by atoms with Gasteiger partial charge < -0.3 is 9.72 Å². The number of aromatic amines is 1. The second-order valence-electron chi connectivity index (χ2n) is 6.65. The molecular weight excluding hydrogens is 551 g/mol. The Labute approximate surface area is 201 Å². The predicted molar refractivity (Wildman–Crippen MR) is 129 cm³/mol. The zero-order valence-electron chi connectivity index (χ0n) is 15.8. The van der Waals surface area contributed by atoms with Crippen molar-refractivity contribution in [2.45, 2.75) is 6.61 Å². The lowest BCUT2D eigenvalue weighted by Crippen LogP contribution is -1.97. The van der Waals surface area contributed by atoms with Gasteiger partial charge in [-0.1, -0.05) is 35.3 Å². The highest BCUT2D eigenvalue weighted by molar-refractivity contribution is 14.1. The van der Waals surface area contributed by atoms with E-state index in [0.717, 1.165) is 9.13 Å². The van der Waals surface area contributed by atoms with Gasteiger partial charge in [-0.25, -0.2) is 9.37 Å². The van der Waals surface area contributed by atoms with Crippen molar-refractivity contribution in [2.24, 2.45) is 0 Å². The quantitative estimate of drug-likeness (QED) is 0.205. The first-order valence-corrected chi connectivity index (χ1v) is 10.9. The third-order valence-corrected chi connectivity index (χ3v) is 5.73. The average Bonchev–Trinajstić information content (AvgIpc) is 3.15. The molecule has 0 amide bonds. The summed E-state index contributed by atoms with van der Waals surface area (Å²) < 4.78 is 20.4. The Morgan fingerprint density at radius 2 is 1.84 bits per heavy atom. The van der Waals surface area contributed by atoms with Crippen molar-refractivity contribution in [1.82, 2.24) is 9.97 Å². The molecular formula is C23H13Cl2FIN3O. The number of nitriles is 1. The normalized spacial score (nSPS) is 11.5. The molecule has 3 aromatic carbocycles. The Morgan fingerprint density at radius 1 is 1.13 bits per heavy atom. The maximum absolute atomic E-state index is 13.4. The van der Waals surface area contributed by atoms with Crippen molar-refractivity contribution >= 4 is 68.5 Å². The molecule has 0 saturated heterocycles. The van der Waals surface area contributed by atoms with E-state index >= 15 is 0 Å². The number of allylic oxidation sites excluding steroid dienone is 1. The summed E-state index contributed by atoms with van der Waals surface area (Å²) in [6, 6.07) is 17.5. The molecule has 0 aliphatic carbocycles. The summed E-state index contributed by atoms with van der Waals surface area (Å²) in [6.07, 6.45) is 1.61. The van der Waals surface area contributed by atoms with Crippen molar-refractivity contribution in [3.8, 4) is 11.8 Å². The SMILES string of the molecule is N#C/C(=C/c1cc(Cl)c(OCc2ccc(I)cc2)c(Cl)c1)c1nc2ccc(F)cc2[nH]1. The van der Waals surface area contributed by atoms with Crippen LogP contribution in [0, 0.1) is 20.7 Å². The fourth-order valence-electron chi connectivity index (χ4n) is 2.97. The van der Waals surface area contributed by atoms with E-state index in [-0.39, 0.29) is 11.4 Å². The first-order chi connectivity index (χ1) is 14.9. The van der Waals surface area contributed by atoms with Crippen molar-refractivity contribution < 1.29 is 9.13 Å². The van der Waals surface area contributed by atoms with E-state index in [0.29, 0.717) is 44.8 Å². The summed E-state index contributed by atoms with van der Waals surface area (Å²) >= 11 is 15.0. The van der Waals surface area contributed by atoms with Gasteiger partial charge in [0.25, 0.3) is 0 Å². The zero-order valence-corrected chi connectivity index (χ0v) is 19.5. The highest BCUT2D eigenvalue weighted by atomic mass is 127. The highest BCUT2D eigenvalue weighted by Gasteiger charge is 2.13. The number of nitrogens with zero attached hydrogens (tertiary/aromatic N) is 2. The van der Waals surface area contributed by atoms with E-state index < -0.39 is 0 Å². The zero-order chi connectivity index (χ0) is 22.0. The lowest BCUT2D eigenvalue weighted by molar-refractivity contribution is 0.306. The molecule has 1 aromatic heterocycles. The van der Waals surface area contributed by atoms with E-state index in [1.807, 2.05) is 24.3 Å². The number of ether oxygens (including phenoxy) is 1. The molecule has 0 unspecified atom stereocenters. The van der Waals surface area contributed by atoms with Gasteiger partial charge in [0, 0.05) is 3.57 Å². The second-order valence-corrected chi connectivity index (χ2v) is 8.71. The second kappa shape index (κ2) is 9.27. The fourth-order valence-corrected chi connectivity index (χ4v) is 3.94. The molecule has 8 heteroatoms. The largest absolute Gasteiger partial charge is 0.486 e. The molecule has 0 aliphatic rings. The Balaban J connectivity index is 1.60. The van der Waals surface area contributed by atoms with E-state index in [1.54, 1.807) is 24.3 Å².